The van der Waals surface area contributed by atoms with Crippen molar-refractivity contribution in [3.63, 3.8) is 0 Å². The van der Waals surface area contributed by atoms with Crippen molar-refractivity contribution in [1.82, 2.24) is 5.32 Å². The minimum atomic E-state index is -0.423. The molecular formula is C9H20N2O. The Kier molecular flexibility index (Phi) is 4.90. The van der Waals surface area contributed by atoms with Crippen LogP contribution < -0.4 is 11.1 Å². The van der Waals surface area contributed by atoms with Gasteiger partial charge >= 0.3 is 0 Å². The van der Waals surface area contributed by atoms with Crippen LogP contribution in [0.1, 0.15) is 33.6 Å². The Hall–Kier alpha value is -0.570. The second-order valence-corrected chi connectivity index (χ2v) is 3.70. The fraction of sp³-hybridized carbons (Fsp3) is 0.889. The highest BCUT2D eigenvalue weighted by atomic mass is 16.2. The second-order valence-electron chi connectivity index (χ2n) is 3.70. The Balaban J connectivity index is 3.72. The predicted octanol–water partition coefficient (Wildman–Crippen LogP) is 0.888. The number of nitrogens with one attached hydrogen (secondary N) is 1. The van der Waals surface area contributed by atoms with Gasteiger partial charge in [0.05, 0.1) is 5.41 Å². The zero-order valence-electron chi connectivity index (χ0n) is 8.31. The Bertz CT molecular complexity index is 143. The highest BCUT2D eigenvalue weighted by molar-refractivity contribution is 5.81. The van der Waals surface area contributed by atoms with Crippen molar-refractivity contribution < 1.29 is 4.79 Å². The molecule has 0 aromatic carbocycles. The molecule has 3 heteroatoms. The molecule has 12 heavy (non-hydrogen) atoms. The van der Waals surface area contributed by atoms with Gasteiger partial charge in [-0.05, 0) is 20.3 Å². The molecule has 0 aromatic rings. The van der Waals surface area contributed by atoms with Gasteiger partial charge in [-0.3, -0.25) is 4.79 Å². The third kappa shape index (κ3) is 3.72. The second kappa shape index (κ2) is 5.14. The number of rotatable bonds is 5. The Morgan fingerprint density at radius 3 is 2.50 bits per heavy atom. The molecule has 0 bridgehead atoms. The average molecular weight is 172 g/mol. The van der Waals surface area contributed by atoms with Crippen LogP contribution in [-0.2, 0) is 4.79 Å². The summed E-state index contributed by atoms with van der Waals surface area (Å²) >= 11 is 0. The van der Waals surface area contributed by atoms with Crippen molar-refractivity contribution in [1.29, 1.82) is 0 Å². The molecule has 0 aliphatic carbocycles. The zero-order chi connectivity index (χ0) is 9.61. The van der Waals surface area contributed by atoms with E-state index in [1.54, 1.807) is 0 Å². The maximum absolute atomic E-state index is 11.4. The molecule has 1 amide bonds. The molecule has 0 radical (unpaired) electrons. The van der Waals surface area contributed by atoms with Crippen LogP contribution in [0.2, 0.25) is 0 Å². The third-order valence-electron chi connectivity index (χ3n) is 1.94. The van der Waals surface area contributed by atoms with Crippen molar-refractivity contribution in [3.05, 3.63) is 0 Å². The molecule has 0 aliphatic heterocycles. The van der Waals surface area contributed by atoms with Gasteiger partial charge in [0.1, 0.15) is 0 Å². The van der Waals surface area contributed by atoms with E-state index in [0.29, 0.717) is 6.54 Å². The smallest absolute Gasteiger partial charge is 0.226 e. The van der Waals surface area contributed by atoms with Crippen molar-refractivity contribution in [2.45, 2.75) is 33.6 Å². The number of amides is 1. The molecule has 0 aliphatic rings. The van der Waals surface area contributed by atoms with Crippen LogP contribution in [0.5, 0.6) is 0 Å². The predicted molar refractivity (Wildman–Crippen MR) is 50.8 cm³/mol. The summed E-state index contributed by atoms with van der Waals surface area (Å²) in [5.74, 6) is 0.0541. The number of hydrogen-bond donors (Lipinski definition) is 2. The number of carbonyl (C=O) groups is 1. The summed E-state index contributed by atoms with van der Waals surface area (Å²) < 4.78 is 0. The van der Waals surface area contributed by atoms with Crippen molar-refractivity contribution in [3.8, 4) is 0 Å². The van der Waals surface area contributed by atoms with E-state index in [2.05, 4.69) is 12.2 Å². The first-order chi connectivity index (χ1) is 5.54. The number of carbonyl (C=O) groups excluding carboxylic acids is 1. The first-order valence-electron chi connectivity index (χ1n) is 4.53. The van der Waals surface area contributed by atoms with E-state index in [1.165, 1.54) is 0 Å². The van der Waals surface area contributed by atoms with Crippen LogP contribution in [0.3, 0.4) is 0 Å². The molecule has 0 spiro atoms. The average Bonchev–Trinajstić information content (AvgIpc) is 2.05. The quantitative estimate of drug-likeness (QED) is 0.605. The van der Waals surface area contributed by atoms with Crippen LogP contribution in [-0.4, -0.2) is 19.0 Å². The number of unbranched alkanes of at least 4 members (excludes halogenated alkanes) is 1. The molecule has 0 aromatic heterocycles. The molecule has 0 saturated carbocycles. The van der Waals surface area contributed by atoms with E-state index in [-0.39, 0.29) is 5.91 Å². The molecule has 72 valence electrons. The van der Waals surface area contributed by atoms with Gasteiger partial charge in [-0.25, -0.2) is 0 Å². The molecule has 3 N–H and O–H groups in total. The zero-order valence-corrected chi connectivity index (χ0v) is 8.31. The van der Waals surface area contributed by atoms with Gasteiger partial charge in [0, 0.05) is 13.1 Å². The highest BCUT2D eigenvalue weighted by Gasteiger charge is 2.24. The van der Waals surface area contributed by atoms with E-state index in [0.717, 1.165) is 19.4 Å². The largest absolute Gasteiger partial charge is 0.356 e. The monoisotopic (exact) mass is 172 g/mol. The Morgan fingerprint density at radius 1 is 1.50 bits per heavy atom. The third-order valence-corrected chi connectivity index (χ3v) is 1.94. The van der Waals surface area contributed by atoms with Crippen molar-refractivity contribution in [2.75, 3.05) is 13.1 Å². The minimum Gasteiger partial charge on any atom is -0.356 e. The number of hydrogen-bond acceptors (Lipinski definition) is 2. The molecule has 0 atom stereocenters. The molecule has 0 saturated heterocycles. The normalized spacial score (nSPS) is 11.3. The van der Waals surface area contributed by atoms with Gasteiger partial charge in [0.25, 0.3) is 0 Å². The lowest BCUT2D eigenvalue weighted by Crippen LogP contribution is -2.42. The lowest BCUT2D eigenvalue weighted by atomic mass is 9.93. The molecule has 3 nitrogen and oxygen atoms in total. The minimum absolute atomic E-state index is 0.0541. The summed E-state index contributed by atoms with van der Waals surface area (Å²) in [6.07, 6.45) is 2.13. The first kappa shape index (κ1) is 11.4. The molecule has 0 heterocycles. The maximum Gasteiger partial charge on any atom is 0.226 e. The number of nitrogens with two attached hydrogens (primary N) is 1. The lowest BCUT2D eigenvalue weighted by molar-refractivity contribution is -0.128. The topological polar surface area (TPSA) is 55.1 Å². The van der Waals surface area contributed by atoms with E-state index < -0.39 is 5.41 Å². The summed E-state index contributed by atoms with van der Waals surface area (Å²) in [6, 6.07) is 0. The van der Waals surface area contributed by atoms with Crippen molar-refractivity contribution in [2.24, 2.45) is 11.1 Å². The van der Waals surface area contributed by atoms with E-state index in [4.69, 9.17) is 5.73 Å². The molecule has 0 fully saturated rings. The summed E-state index contributed by atoms with van der Waals surface area (Å²) in [5.41, 5.74) is 5.03. The van der Waals surface area contributed by atoms with Crippen LogP contribution >= 0.6 is 0 Å². The standard InChI is InChI=1S/C9H20N2O/c1-4-5-6-11-8(12)9(2,3)7-10/h4-7,10H2,1-3H3,(H,11,12). The Morgan fingerprint density at radius 2 is 2.08 bits per heavy atom. The molecular weight excluding hydrogens is 152 g/mol. The molecule has 0 rings (SSSR count). The summed E-state index contributed by atoms with van der Waals surface area (Å²) in [5, 5.41) is 2.86. The van der Waals surface area contributed by atoms with E-state index >= 15 is 0 Å². The van der Waals surface area contributed by atoms with Gasteiger partial charge < -0.3 is 11.1 Å². The summed E-state index contributed by atoms with van der Waals surface area (Å²) in [6.45, 7) is 6.96. The molecule has 0 unspecified atom stereocenters. The highest BCUT2D eigenvalue weighted by Crippen LogP contribution is 2.11. The van der Waals surface area contributed by atoms with E-state index in [9.17, 15) is 4.79 Å². The van der Waals surface area contributed by atoms with Gasteiger partial charge in [0.15, 0.2) is 0 Å². The van der Waals surface area contributed by atoms with E-state index in [1.807, 2.05) is 13.8 Å². The van der Waals surface area contributed by atoms with Crippen molar-refractivity contribution >= 4 is 5.91 Å². The van der Waals surface area contributed by atoms with Crippen LogP contribution in [0.4, 0.5) is 0 Å². The maximum atomic E-state index is 11.4. The lowest BCUT2D eigenvalue weighted by Gasteiger charge is -2.20. The summed E-state index contributed by atoms with van der Waals surface area (Å²) in [7, 11) is 0. The van der Waals surface area contributed by atoms with Gasteiger partial charge in [-0.1, -0.05) is 13.3 Å². The first-order valence-corrected chi connectivity index (χ1v) is 4.53. The Labute approximate surface area is 74.7 Å². The SMILES string of the molecule is CCCCNC(=O)C(C)(C)CN. The van der Waals surface area contributed by atoms with Gasteiger partial charge in [-0.2, -0.15) is 0 Å². The summed E-state index contributed by atoms with van der Waals surface area (Å²) in [4.78, 5) is 11.4. The van der Waals surface area contributed by atoms with Gasteiger partial charge in [0.2, 0.25) is 5.91 Å². The van der Waals surface area contributed by atoms with Gasteiger partial charge in [-0.15, -0.1) is 0 Å². The van der Waals surface area contributed by atoms with Crippen LogP contribution in [0.25, 0.3) is 0 Å². The fourth-order valence-corrected chi connectivity index (χ4v) is 0.711. The fourth-order valence-electron chi connectivity index (χ4n) is 0.711. The van der Waals surface area contributed by atoms with Crippen LogP contribution in [0.15, 0.2) is 0 Å². The van der Waals surface area contributed by atoms with Crippen LogP contribution in [0, 0.1) is 5.41 Å².